The minimum atomic E-state index is -0.460. The van der Waals surface area contributed by atoms with Crippen LogP contribution < -0.4 is 19.9 Å². The topological polar surface area (TPSA) is 76.9 Å². The number of amides is 1. The summed E-state index contributed by atoms with van der Waals surface area (Å²) >= 11 is 5.88. The first-order valence-corrected chi connectivity index (χ1v) is 10.8. The van der Waals surface area contributed by atoms with E-state index in [0.29, 0.717) is 43.4 Å². The highest BCUT2D eigenvalue weighted by atomic mass is 35.5. The number of aromatic nitrogens is 2. The van der Waals surface area contributed by atoms with Crippen LogP contribution in [0, 0.1) is 5.82 Å². The predicted molar refractivity (Wildman–Crippen MR) is 120 cm³/mol. The third-order valence-corrected chi connectivity index (χ3v) is 6.04. The SMILES string of the molecule is O=C(Cn1cnc(-c2ccc3c(c2)OCO3)cc1=O)N1CCN(c2ccc(F)c(Cl)c2)CC1. The van der Waals surface area contributed by atoms with Gasteiger partial charge in [0.05, 0.1) is 17.0 Å². The fourth-order valence-corrected chi connectivity index (χ4v) is 4.07. The van der Waals surface area contributed by atoms with Gasteiger partial charge in [0.25, 0.3) is 5.56 Å². The maximum atomic E-state index is 13.4. The summed E-state index contributed by atoms with van der Waals surface area (Å²) in [7, 11) is 0. The lowest BCUT2D eigenvalue weighted by Crippen LogP contribution is -2.50. The number of rotatable bonds is 4. The first-order valence-electron chi connectivity index (χ1n) is 10.4. The Morgan fingerprint density at radius 3 is 2.58 bits per heavy atom. The fourth-order valence-electron chi connectivity index (χ4n) is 3.90. The molecule has 1 fully saturated rings. The number of benzene rings is 2. The zero-order chi connectivity index (χ0) is 22.9. The number of hydrogen-bond donors (Lipinski definition) is 0. The molecule has 0 aliphatic carbocycles. The van der Waals surface area contributed by atoms with E-state index in [4.69, 9.17) is 21.1 Å². The summed E-state index contributed by atoms with van der Waals surface area (Å²) in [6.07, 6.45) is 1.39. The zero-order valence-electron chi connectivity index (χ0n) is 17.5. The Bertz CT molecular complexity index is 1270. The highest BCUT2D eigenvalue weighted by Gasteiger charge is 2.22. The van der Waals surface area contributed by atoms with Crippen molar-refractivity contribution in [3.63, 3.8) is 0 Å². The number of nitrogens with zero attached hydrogens (tertiary/aromatic N) is 4. The van der Waals surface area contributed by atoms with Crippen LogP contribution >= 0.6 is 11.6 Å². The van der Waals surface area contributed by atoms with Crippen molar-refractivity contribution in [2.75, 3.05) is 37.9 Å². The third kappa shape index (κ3) is 4.36. The summed E-state index contributed by atoms with van der Waals surface area (Å²) in [6, 6.07) is 11.3. The van der Waals surface area contributed by atoms with Gasteiger partial charge in [-0.1, -0.05) is 11.6 Å². The second kappa shape index (κ2) is 8.74. The summed E-state index contributed by atoms with van der Waals surface area (Å²) in [4.78, 5) is 33.5. The van der Waals surface area contributed by atoms with Gasteiger partial charge in [-0.05, 0) is 36.4 Å². The van der Waals surface area contributed by atoms with Crippen LogP contribution in [0.5, 0.6) is 11.5 Å². The molecule has 2 aromatic carbocycles. The number of carbonyl (C=O) groups is 1. The number of ether oxygens (including phenoxy) is 2. The van der Waals surface area contributed by atoms with Gasteiger partial charge in [0.15, 0.2) is 11.5 Å². The molecule has 1 amide bonds. The van der Waals surface area contributed by atoms with E-state index in [-0.39, 0.29) is 29.8 Å². The van der Waals surface area contributed by atoms with Gasteiger partial charge in [-0.25, -0.2) is 9.37 Å². The smallest absolute Gasteiger partial charge is 0.254 e. The second-order valence-electron chi connectivity index (χ2n) is 7.77. The maximum absolute atomic E-state index is 13.4. The molecule has 33 heavy (non-hydrogen) atoms. The minimum absolute atomic E-state index is 0.0714. The molecule has 0 spiro atoms. The van der Waals surface area contributed by atoms with Gasteiger partial charge in [0.2, 0.25) is 12.7 Å². The average molecular weight is 471 g/mol. The van der Waals surface area contributed by atoms with E-state index < -0.39 is 5.82 Å². The van der Waals surface area contributed by atoms with Crippen LogP contribution in [0.15, 0.2) is 53.6 Å². The molecule has 170 valence electrons. The van der Waals surface area contributed by atoms with E-state index in [1.165, 1.54) is 23.0 Å². The van der Waals surface area contributed by atoms with Crippen molar-refractivity contribution in [1.29, 1.82) is 0 Å². The third-order valence-electron chi connectivity index (χ3n) is 5.75. The molecule has 3 aromatic rings. The number of halogens is 2. The van der Waals surface area contributed by atoms with Crippen LogP contribution in [0.25, 0.3) is 11.3 Å². The Morgan fingerprint density at radius 2 is 1.82 bits per heavy atom. The Kier molecular flexibility index (Phi) is 5.63. The van der Waals surface area contributed by atoms with Gasteiger partial charge in [0, 0.05) is 43.5 Å². The van der Waals surface area contributed by atoms with Crippen molar-refractivity contribution >= 4 is 23.2 Å². The highest BCUT2D eigenvalue weighted by Crippen LogP contribution is 2.35. The van der Waals surface area contributed by atoms with Crippen LogP contribution in [-0.4, -0.2) is 53.3 Å². The molecule has 2 aliphatic rings. The Labute approximate surface area is 193 Å². The zero-order valence-corrected chi connectivity index (χ0v) is 18.3. The standard InChI is InChI=1S/C23H20ClFN4O4/c24-17-10-16(2-3-18(17)25)27-5-7-28(8-6-27)23(31)12-29-13-26-19(11-22(29)30)15-1-4-20-21(9-15)33-14-32-20/h1-4,9-11,13H,5-8,12,14H2. The van der Waals surface area contributed by atoms with E-state index in [1.807, 2.05) is 4.90 Å². The fraction of sp³-hybridized carbons (Fsp3) is 0.261. The lowest BCUT2D eigenvalue weighted by molar-refractivity contribution is -0.132. The van der Waals surface area contributed by atoms with E-state index in [0.717, 1.165) is 11.3 Å². The van der Waals surface area contributed by atoms with Gasteiger partial charge in [-0.15, -0.1) is 0 Å². The summed E-state index contributed by atoms with van der Waals surface area (Å²) < 4.78 is 25.4. The van der Waals surface area contributed by atoms with Gasteiger partial charge in [0.1, 0.15) is 12.4 Å². The van der Waals surface area contributed by atoms with Crippen LogP contribution in [0.1, 0.15) is 0 Å². The van der Waals surface area contributed by atoms with E-state index in [9.17, 15) is 14.0 Å². The molecule has 8 nitrogen and oxygen atoms in total. The van der Waals surface area contributed by atoms with Crippen molar-refractivity contribution in [2.24, 2.45) is 0 Å². The van der Waals surface area contributed by atoms with E-state index >= 15 is 0 Å². The molecule has 1 saturated heterocycles. The van der Waals surface area contributed by atoms with Crippen molar-refractivity contribution < 1.29 is 18.7 Å². The molecule has 2 aliphatic heterocycles. The predicted octanol–water partition coefficient (Wildman–Crippen LogP) is 2.78. The van der Waals surface area contributed by atoms with Crippen LogP contribution in [0.2, 0.25) is 5.02 Å². The Morgan fingerprint density at radius 1 is 1.03 bits per heavy atom. The average Bonchev–Trinajstić information content (AvgIpc) is 3.30. The molecule has 0 atom stereocenters. The number of hydrogen-bond acceptors (Lipinski definition) is 6. The van der Waals surface area contributed by atoms with Gasteiger partial charge < -0.3 is 19.3 Å². The first kappa shape index (κ1) is 21.3. The number of fused-ring (bicyclic) bond motifs is 1. The van der Waals surface area contributed by atoms with Crippen molar-refractivity contribution in [2.45, 2.75) is 6.54 Å². The monoisotopic (exact) mass is 470 g/mol. The summed E-state index contributed by atoms with van der Waals surface area (Å²) in [5.74, 6) is 0.639. The normalized spacial score (nSPS) is 15.1. The summed E-state index contributed by atoms with van der Waals surface area (Å²) in [5, 5.41) is 0.0714. The number of anilines is 1. The molecule has 0 bridgehead atoms. The molecular weight excluding hydrogens is 451 g/mol. The van der Waals surface area contributed by atoms with E-state index in [2.05, 4.69) is 4.98 Å². The molecule has 0 N–H and O–H groups in total. The number of piperazine rings is 1. The highest BCUT2D eigenvalue weighted by molar-refractivity contribution is 6.31. The molecule has 10 heteroatoms. The molecule has 0 unspecified atom stereocenters. The van der Waals surface area contributed by atoms with Gasteiger partial charge in [-0.3, -0.25) is 14.2 Å². The lowest BCUT2D eigenvalue weighted by atomic mass is 10.1. The maximum Gasteiger partial charge on any atom is 0.254 e. The van der Waals surface area contributed by atoms with Gasteiger partial charge in [-0.2, -0.15) is 0 Å². The first-order chi connectivity index (χ1) is 16.0. The second-order valence-corrected chi connectivity index (χ2v) is 8.18. The van der Waals surface area contributed by atoms with Crippen molar-refractivity contribution in [3.8, 4) is 22.8 Å². The molecule has 0 radical (unpaired) electrons. The minimum Gasteiger partial charge on any atom is -0.454 e. The lowest BCUT2D eigenvalue weighted by Gasteiger charge is -2.36. The van der Waals surface area contributed by atoms with Crippen LogP contribution in [0.3, 0.4) is 0 Å². The van der Waals surface area contributed by atoms with Crippen molar-refractivity contribution in [1.82, 2.24) is 14.5 Å². The quantitative estimate of drug-likeness (QED) is 0.583. The largest absolute Gasteiger partial charge is 0.454 e. The summed E-state index contributed by atoms with van der Waals surface area (Å²) in [6.45, 7) is 2.24. The molecule has 0 saturated carbocycles. The van der Waals surface area contributed by atoms with E-state index in [1.54, 1.807) is 35.2 Å². The van der Waals surface area contributed by atoms with Gasteiger partial charge >= 0.3 is 0 Å². The van der Waals surface area contributed by atoms with Crippen LogP contribution in [-0.2, 0) is 11.3 Å². The molecule has 5 rings (SSSR count). The molecule has 3 heterocycles. The van der Waals surface area contributed by atoms with Crippen molar-refractivity contribution in [3.05, 3.63) is 70.0 Å². The molecular formula is C23H20ClFN4O4. The van der Waals surface area contributed by atoms with Crippen LogP contribution in [0.4, 0.5) is 10.1 Å². The number of carbonyl (C=O) groups excluding carboxylic acids is 1. The summed E-state index contributed by atoms with van der Waals surface area (Å²) in [5.41, 5.74) is 1.72. The molecule has 1 aromatic heterocycles. The Balaban J connectivity index is 1.22. The Hall–Kier alpha value is -3.59.